The minimum absolute atomic E-state index is 0.120. The number of amides is 1. The number of carbonyl (C=O) groups is 1. The Kier molecular flexibility index (Phi) is 3.76. The van der Waals surface area contributed by atoms with E-state index in [1.54, 1.807) is 25.2 Å². The zero-order valence-electron chi connectivity index (χ0n) is 10.8. The summed E-state index contributed by atoms with van der Waals surface area (Å²) in [7, 11) is 3.56. The third kappa shape index (κ3) is 2.28. The van der Waals surface area contributed by atoms with Crippen LogP contribution in [-0.2, 0) is 11.3 Å². The first-order chi connectivity index (χ1) is 8.65. The molecule has 2 rings (SSSR count). The number of likely N-dealkylation sites (N-methyl/N-ethyl adjacent to an activating group) is 1. The van der Waals surface area contributed by atoms with Crippen LogP contribution in [0.3, 0.4) is 0 Å². The number of rotatable bonds is 3. The van der Waals surface area contributed by atoms with Gasteiger partial charge < -0.3 is 15.5 Å². The molecule has 2 heterocycles. The molecular weight excluding hydrogens is 230 g/mol. The number of nitrogens with zero attached hydrogens (tertiary/aromatic N) is 4. The molecule has 1 amide bonds. The van der Waals surface area contributed by atoms with Gasteiger partial charge in [-0.3, -0.25) is 4.79 Å². The lowest BCUT2D eigenvalue weighted by Crippen LogP contribution is -2.43. The van der Waals surface area contributed by atoms with Gasteiger partial charge in [0, 0.05) is 38.9 Å². The molecule has 6 heteroatoms. The first-order valence-corrected chi connectivity index (χ1v) is 6.12. The highest BCUT2D eigenvalue weighted by molar-refractivity contribution is 5.85. The van der Waals surface area contributed by atoms with E-state index in [-0.39, 0.29) is 11.9 Å². The first kappa shape index (κ1) is 12.8. The number of carbonyl (C=O) groups excluding carboxylic acids is 1. The Morgan fingerprint density at radius 1 is 1.61 bits per heavy atom. The van der Waals surface area contributed by atoms with Gasteiger partial charge in [0.2, 0.25) is 5.91 Å². The smallest absolute Gasteiger partial charge is 0.244 e. The Bertz CT molecular complexity index is 434. The fraction of sp³-hybridized carbons (Fsp3) is 0.583. The summed E-state index contributed by atoms with van der Waals surface area (Å²) >= 11 is 0. The Morgan fingerprint density at radius 2 is 2.39 bits per heavy atom. The fourth-order valence-corrected chi connectivity index (χ4v) is 2.33. The second-order valence-electron chi connectivity index (χ2n) is 4.66. The largest absolute Gasteiger partial charge is 0.347 e. The van der Waals surface area contributed by atoms with E-state index >= 15 is 0 Å². The molecule has 0 saturated carbocycles. The van der Waals surface area contributed by atoms with Crippen molar-refractivity contribution in [2.45, 2.75) is 25.4 Å². The van der Waals surface area contributed by atoms with Gasteiger partial charge in [0.25, 0.3) is 0 Å². The molecule has 0 aliphatic carbocycles. The molecule has 1 atom stereocenters. The van der Waals surface area contributed by atoms with Crippen LogP contribution in [0.2, 0.25) is 0 Å². The molecule has 1 saturated heterocycles. The number of hydrogen-bond acceptors (Lipinski definition) is 5. The van der Waals surface area contributed by atoms with Gasteiger partial charge in [-0.2, -0.15) is 0 Å². The maximum absolute atomic E-state index is 12.1. The highest BCUT2D eigenvalue weighted by Gasteiger charge is 2.33. The van der Waals surface area contributed by atoms with Crippen molar-refractivity contribution < 1.29 is 4.79 Å². The molecule has 1 aliphatic heterocycles. The molecule has 1 aromatic heterocycles. The molecule has 6 nitrogen and oxygen atoms in total. The predicted molar refractivity (Wildman–Crippen MR) is 69.0 cm³/mol. The summed E-state index contributed by atoms with van der Waals surface area (Å²) in [5.41, 5.74) is 6.58. The molecule has 1 aromatic rings. The molecule has 1 unspecified atom stereocenters. The highest BCUT2D eigenvalue weighted by Crippen LogP contribution is 2.26. The summed E-state index contributed by atoms with van der Waals surface area (Å²) in [6, 6.07) is -0.125. The van der Waals surface area contributed by atoms with Crippen LogP contribution < -0.4 is 10.6 Å². The van der Waals surface area contributed by atoms with Crippen LogP contribution in [-0.4, -0.2) is 47.5 Å². The fourth-order valence-electron chi connectivity index (χ4n) is 2.33. The normalized spacial score (nSPS) is 19.1. The average Bonchev–Trinajstić information content (AvgIpc) is 2.86. The SMILES string of the molecule is CN(C)C(=O)C1CCCN1c1ncncc1CN. The quantitative estimate of drug-likeness (QED) is 0.815. The zero-order chi connectivity index (χ0) is 13.1. The minimum atomic E-state index is -0.125. The van der Waals surface area contributed by atoms with Crippen molar-refractivity contribution in [3.05, 3.63) is 18.1 Å². The first-order valence-electron chi connectivity index (χ1n) is 6.12. The van der Waals surface area contributed by atoms with Crippen LogP contribution in [0.1, 0.15) is 18.4 Å². The van der Waals surface area contributed by atoms with Gasteiger partial charge >= 0.3 is 0 Å². The van der Waals surface area contributed by atoms with Crippen LogP contribution in [0, 0.1) is 0 Å². The van der Waals surface area contributed by atoms with Crippen molar-refractivity contribution in [2.75, 3.05) is 25.5 Å². The predicted octanol–water partition coefficient (Wildman–Crippen LogP) is -0.00770. The standard InChI is InChI=1S/C12H19N5O/c1-16(2)12(18)10-4-3-5-17(10)11-9(6-13)7-14-8-15-11/h7-8,10H,3-6,13H2,1-2H3. The number of aromatic nitrogens is 2. The van der Waals surface area contributed by atoms with E-state index in [2.05, 4.69) is 9.97 Å². The van der Waals surface area contributed by atoms with E-state index < -0.39 is 0 Å². The summed E-state index contributed by atoms with van der Waals surface area (Å²) in [5, 5.41) is 0. The molecule has 0 bridgehead atoms. The molecule has 0 spiro atoms. The van der Waals surface area contributed by atoms with Crippen molar-refractivity contribution in [3.63, 3.8) is 0 Å². The summed E-state index contributed by atoms with van der Waals surface area (Å²) in [6.07, 6.45) is 5.09. The van der Waals surface area contributed by atoms with Crippen LogP contribution >= 0.6 is 0 Å². The molecule has 18 heavy (non-hydrogen) atoms. The molecule has 1 aliphatic rings. The van der Waals surface area contributed by atoms with Gasteiger partial charge in [-0.25, -0.2) is 9.97 Å². The molecule has 98 valence electrons. The minimum Gasteiger partial charge on any atom is -0.347 e. The Labute approximate surface area is 107 Å². The molecule has 2 N–H and O–H groups in total. The van der Waals surface area contributed by atoms with E-state index in [1.165, 1.54) is 6.33 Å². The van der Waals surface area contributed by atoms with Gasteiger partial charge in [0.05, 0.1) is 0 Å². The lowest BCUT2D eigenvalue weighted by Gasteiger charge is -2.28. The Hall–Kier alpha value is -1.69. The van der Waals surface area contributed by atoms with Gasteiger partial charge in [-0.05, 0) is 12.8 Å². The number of nitrogens with two attached hydrogens (primary N) is 1. The summed E-state index contributed by atoms with van der Waals surface area (Å²) < 4.78 is 0. The third-order valence-corrected chi connectivity index (χ3v) is 3.23. The molecule has 0 radical (unpaired) electrons. The second kappa shape index (κ2) is 5.30. The van der Waals surface area contributed by atoms with E-state index in [9.17, 15) is 4.79 Å². The van der Waals surface area contributed by atoms with Crippen molar-refractivity contribution in [1.29, 1.82) is 0 Å². The van der Waals surface area contributed by atoms with E-state index in [1.807, 2.05) is 4.90 Å². The van der Waals surface area contributed by atoms with Crippen molar-refractivity contribution in [1.82, 2.24) is 14.9 Å². The maximum Gasteiger partial charge on any atom is 0.244 e. The maximum atomic E-state index is 12.1. The zero-order valence-corrected chi connectivity index (χ0v) is 10.8. The number of hydrogen-bond donors (Lipinski definition) is 1. The summed E-state index contributed by atoms with van der Waals surface area (Å²) in [6.45, 7) is 1.23. The van der Waals surface area contributed by atoms with Crippen molar-refractivity contribution in [3.8, 4) is 0 Å². The molecular formula is C12H19N5O. The van der Waals surface area contributed by atoms with Crippen molar-refractivity contribution >= 4 is 11.7 Å². The van der Waals surface area contributed by atoms with Crippen LogP contribution in [0.5, 0.6) is 0 Å². The van der Waals surface area contributed by atoms with E-state index in [4.69, 9.17) is 5.73 Å². The van der Waals surface area contributed by atoms with Gasteiger partial charge in [0.1, 0.15) is 18.2 Å². The van der Waals surface area contributed by atoms with Crippen LogP contribution in [0.15, 0.2) is 12.5 Å². The average molecular weight is 249 g/mol. The van der Waals surface area contributed by atoms with Crippen LogP contribution in [0.25, 0.3) is 0 Å². The van der Waals surface area contributed by atoms with Gasteiger partial charge in [-0.15, -0.1) is 0 Å². The summed E-state index contributed by atoms with van der Waals surface area (Å²) in [5.74, 6) is 0.916. The third-order valence-electron chi connectivity index (χ3n) is 3.23. The molecule has 1 fully saturated rings. The topological polar surface area (TPSA) is 75.4 Å². The van der Waals surface area contributed by atoms with Crippen LogP contribution in [0.4, 0.5) is 5.82 Å². The second-order valence-corrected chi connectivity index (χ2v) is 4.66. The van der Waals surface area contributed by atoms with Gasteiger partial charge in [-0.1, -0.05) is 0 Å². The van der Waals surface area contributed by atoms with E-state index in [0.717, 1.165) is 30.8 Å². The number of anilines is 1. The lowest BCUT2D eigenvalue weighted by atomic mass is 10.2. The monoisotopic (exact) mass is 249 g/mol. The van der Waals surface area contributed by atoms with Crippen molar-refractivity contribution in [2.24, 2.45) is 5.73 Å². The molecule has 0 aromatic carbocycles. The highest BCUT2D eigenvalue weighted by atomic mass is 16.2. The van der Waals surface area contributed by atoms with Gasteiger partial charge in [0.15, 0.2) is 0 Å². The van der Waals surface area contributed by atoms with E-state index in [0.29, 0.717) is 6.54 Å². The Morgan fingerprint density at radius 3 is 3.06 bits per heavy atom. The summed E-state index contributed by atoms with van der Waals surface area (Å²) in [4.78, 5) is 24.1. The lowest BCUT2D eigenvalue weighted by molar-refractivity contribution is -0.129. The Balaban J connectivity index is 2.29.